The highest BCUT2D eigenvalue weighted by Crippen LogP contribution is 2.26. The van der Waals surface area contributed by atoms with Gasteiger partial charge in [0.15, 0.2) is 0 Å². The number of aromatic nitrogens is 2. The lowest BCUT2D eigenvalue weighted by Crippen LogP contribution is -2.39. The number of nitrogens with zero attached hydrogens (tertiary/aromatic N) is 3. The van der Waals surface area contributed by atoms with Crippen LogP contribution >= 0.6 is 11.8 Å². The van der Waals surface area contributed by atoms with Crippen molar-refractivity contribution in [2.24, 2.45) is 0 Å². The summed E-state index contributed by atoms with van der Waals surface area (Å²) in [4.78, 5) is 14.3. The Morgan fingerprint density at radius 3 is 2.68 bits per heavy atom. The van der Waals surface area contributed by atoms with Gasteiger partial charge in [-0.1, -0.05) is 37.1 Å². The first kappa shape index (κ1) is 18.0. The molecule has 3 rings (SSSR count). The van der Waals surface area contributed by atoms with Gasteiger partial charge in [0.2, 0.25) is 11.8 Å². The number of aryl methyl sites for hydroxylation is 2. The van der Waals surface area contributed by atoms with E-state index < -0.39 is 0 Å². The minimum absolute atomic E-state index is 0.128. The van der Waals surface area contributed by atoms with Crippen molar-refractivity contribution < 1.29 is 9.21 Å². The lowest BCUT2D eigenvalue weighted by molar-refractivity contribution is -0.129. The molecule has 0 unspecified atom stereocenters. The standard InChI is InChI=1S/C19H25N3O2S/c1-13-9-10-15(11-14(13)2)18-20-21-19(24-18)25-12-17(23)22(3)16-7-5-4-6-8-16/h9-11,16H,4-8,12H2,1-3H3. The predicted octanol–water partition coefficient (Wildman–Crippen LogP) is 4.24. The molecule has 1 aliphatic carbocycles. The first-order valence-electron chi connectivity index (χ1n) is 8.84. The fraction of sp³-hybridized carbons (Fsp3) is 0.526. The molecule has 0 aliphatic heterocycles. The van der Waals surface area contributed by atoms with E-state index in [1.807, 2.05) is 30.1 Å². The summed E-state index contributed by atoms with van der Waals surface area (Å²) >= 11 is 1.31. The number of rotatable bonds is 5. The molecule has 1 fully saturated rings. The summed E-state index contributed by atoms with van der Waals surface area (Å²) in [7, 11) is 1.91. The van der Waals surface area contributed by atoms with Gasteiger partial charge in [-0.2, -0.15) is 0 Å². The maximum absolute atomic E-state index is 12.4. The summed E-state index contributed by atoms with van der Waals surface area (Å²) in [5.41, 5.74) is 3.33. The van der Waals surface area contributed by atoms with Crippen molar-refractivity contribution in [1.82, 2.24) is 15.1 Å². The maximum atomic E-state index is 12.4. The van der Waals surface area contributed by atoms with Crippen molar-refractivity contribution in [1.29, 1.82) is 0 Å². The molecular weight excluding hydrogens is 334 g/mol. The second kappa shape index (κ2) is 8.04. The van der Waals surface area contributed by atoms with Crippen LogP contribution in [0.3, 0.4) is 0 Å². The van der Waals surface area contributed by atoms with Crippen molar-refractivity contribution in [2.75, 3.05) is 12.8 Å². The van der Waals surface area contributed by atoms with Crippen molar-refractivity contribution in [3.05, 3.63) is 29.3 Å². The highest BCUT2D eigenvalue weighted by atomic mass is 32.2. The molecule has 1 aromatic heterocycles. The molecule has 1 amide bonds. The SMILES string of the molecule is Cc1ccc(-c2nnc(SCC(=O)N(C)C3CCCCC3)o2)cc1C. The lowest BCUT2D eigenvalue weighted by Gasteiger charge is -2.31. The number of benzene rings is 1. The molecule has 1 saturated carbocycles. The second-order valence-electron chi connectivity index (χ2n) is 6.76. The molecule has 0 saturated heterocycles. The van der Waals surface area contributed by atoms with Gasteiger partial charge in [-0.05, 0) is 49.9 Å². The summed E-state index contributed by atoms with van der Waals surface area (Å²) in [5.74, 6) is 0.961. The van der Waals surface area contributed by atoms with E-state index in [2.05, 4.69) is 24.0 Å². The van der Waals surface area contributed by atoms with Crippen molar-refractivity contribution in [3.63, 3.8) is 0 Å². The highest BCUT2D eigenvalue weighted by molar-refractivity contribution is 7.99. The Kier molecular flexibility index (Phi) is 5.78. The Morgan fingerprint density at radius 1 is 1.20 bits per heavy atom. The van der Waals surface area contributed by atoms with Gasteiger partial charge >= 0.3 is 0 Å². The van der Waals surface area contributed by atoms with Gasteiger partial charge in [-0.3, -0.25) is 4.79 Å². The maximum Gasteiger partial charge on any atom is 0.277 e. The van der Waals surface area contributed by atoms with E-state index >= 15 is 0 Å². The van der Waals surface area contributed by atoms with Gasteiger partial charge in [0, 0.05) is 18.7 Å². The molecule has 1 aromatic carbocycles. The third-order valence-corrected chi connectivity index (χ3v) is 5.80. The van der Waals surface area contributed by atoms with E-state index in [1.165, 1.54) is 42.2 Å². The van der Waals surface area contributed by atoms with E-state index in [4.69, 9.17) is 4.42 Å². The Balaban J connectivity index is 1.57. The third kappa shape index (κ3) is 4.42. The monoisotopic (exact) mass is 359 g/mol. The fourth-order valence-electron chi connectivity index (χ4n) is 3.16. The average molecular weight is 359 g/mol. The van der Waals surface area contributed by atoms with Crippen LogP contribution < -0.4 is 0 Å². The average Bonchev–Trinajstić information content (AvgIpc) is 3.11. The zero-order valence-corrected chi connectivity index (χ0v) is 15.9. The van der Waals surface area contributed by atoms with Crippen LogP contribution in [0.15, 0.2) is 27.8 Å². The summed E-state index contributed by atoms with van der Waals surface area (Å²) in [6, 6.07) is 6.45. The number of carbonyl (C=O) groups is 1. The molecule has 0 radical (unpaired) electrons. The van der Waals surface area contributed by atoms with Crippen LogP contribution in [0.25, 0.3) is 11.5 Å². The van der Waals surface area contributed by atoms with E-state index in [0.717, 1.165) is 18.4 Å². The highest BCUT2D eigenvalue weighted by Gasteiger charge is 2.22. The normalized spacial score (nSPS) is 15.3. The molecule has 0 bridgehead atoms. The van der Waals surface area contributed by atoms with E-state index in [0.29, 0.717) is 22.9 Å². The molecule has 1 heterocycles. The van der Waals surface area contributed by atoms with Crippen molar-refractivity contribution in [3.8, 4) is 11.5 Å². The summed E-state index contributed by atoms with van der Waals surface area (Å²) in [5, 5.41) is 8.61. The Bertz CT molecular complexity index is 738. The van der Waals surface area contributed by atoms with Crippen molar-refractivity contribution >= 4 is 17.7 Å². The van der Waals surface area contributed by atoms with Gasteiger partial charge < -0.3 is 9.32 Å². The van der Waals surface area contributed by atoms with Crippen LogP contribution in [-0.2, 0) is 4.79 Å². The molecule has 134 valence electrons. The van der Waals surface area contributed by atoms with Crippen LogP contribution in [0.1, 0.15) is 43.2 Å². The molecule has 1 aliphatic rings. The number of amides is 1. The molecule has 0 spiro atoms. The zero-order chi connectivity index (χ0) is 17.8. The second-order valence-corrected chi connectivity index (χ2v) is 7.68. The Labute approximate surface area is 153 Å². The van der Waals surface area contributed by atoms with Crippen LogP contribution in [0.5, 0.6) is 0 Å². The smallest absolute Gasteiger partial charge is 0.277 e. The van der Waals surface area contributed by atoms with Crippen LogP contribution in [0.4, 0.5) is 0 Å². The van der Waals surface area contributed by atoms with Gasteiger partial charge in [0.1, 0.15) is 0 Å². The van der Waals surface area contributed by atoms with Crippen LogP contribution in [-0.4, -0.2) is 39.8 Å². The molecule has 0 atom stereocenters. The summed E-state index contributed by atoms with van der Waals surface area (Å²) in [6.07, 6.45) is 5.96. The summed E-state index contributed by atoms with van der Waals surface area (Å²) < 4.78 is 5.71. The molecule has 25 heavy (non-hydrogen) atoms. The number of hydrogen-bond acceptors (Lipinski definition) is 5. The Morgan fingerprint density at radius 2 is 1.96 bits per heavy atom. The topological polar surface area (TPSA) is 59.2 Å². The van der Waals surface area contributed by atoms with Crippen molar-refractivity contribution in [2.45, 2.75) is 57.2 Å². The van der Waals surface area contributed by atoms with E-state index in [9.17, 15) is 4.79 Å². The van der Waals surface area contributed by atoms with Gasteiger partial charge in [0.05, 0.1) is 5.75 Å². The quantitative estimate of drug-likeness (QED) is 0.748. The molecular formula is C19H25N3O2S. The Hall–Kier alpha value is -1.82. The number of hydrogen-bond donors (Lipinski definition) is 0. The lowest BCUT2D eigenvalue weighted by atomic mass is 9.94. The van der Waals surface area contributed by atoms with Gasteiger partial charge in [-0.15, -0.1) is 10.2 Å². The first-order valence-corrected chi connectivity index (χ1v) is 9.83. The minimum Gasteiger partial charge on any atom is -0.411 e. The number of carbonyl (C=O) groups excluding carboxylic acids is 1. The first-order chi connectivity index (χ1) is 12.0. The largest absolute Gasteiger partial charge is 0.411 e. The zero-order valence-electron chi connectivity index (χ0n) is 15.1. The third-order valence-electron chi connectivity index (χ3n) is 5.00. The predicted molar refractivity (Wildman–Crippen MR) is 99.6 cm³/mol. The molecule has 2 aromatic rings. The summed E-state index contributed by atoms with van der Waals surface area (Å²) in [6.45, 7) is 4.13. The fourth-order valence-corrected chi connectivity index (χ4v) is 3.84. The molecule has 0 N–H and O–H groups in total. The van der Waals surface area contributed by atoms with Crippen LogP contribution in [0, 0.1) is 13.8 Å². The van der Waals surface area contributed by atoms with Crippen LogP contribution in [0.2, 0.25) is 0 Å². The minimum atomic E-state index is 0.128. The number of thioether (sulfide) groups is 1. The van der Waals surface area contributed by atoms with Gasteiger partial charge in [0.25, 0.3) is 5.22 Å². The van der Waals surface area contributed by atoms with E-state index in [-0.39, 0.29) is 5.91 Å². The van der Waals surface area contributed by atoms with Gasteiger partial charge in [-0.25, -0.2) is 0 Å². The molecule has 5 nitrogen and oxygen atoms in total. The van der Waals surface area contributed by atoms with E-state index in [1.54, 1.807) is 0 Å². The molecule has 6 heteroatoms.